The molecular weight excluding hydrogens is 1800 g/mol. The molecule has 33 aromatic rings. The molecule has 33 rings (SSSR count). The smallest absolute Gasteiger partial charge is 0.159 e. The standard InChI is InChI=1S/C48H29N3O.C46H29N3.C44H31N3/c1-6-18-40-34(14-1)38-28-30(24-26-41(38)49(40)46-22-11-17-37-36-16-5-10-23-47(36)52-48(37)46)31-25-27-45-39(29-31)35-15-4-9-21-44(35)51(45)50-42-19-7-2-12-32(42)33-13-3-8-20-43(33)50;1-2-14-33-30(12-1)13-11-23-40(33)47-41-19-7-3-17-36(41)38-28-31(24-26-42(38)47)32-25-27-46-39(29-32)37-18-6-10-22-45(37)49(46)48-43-20-8-4-15-34(43)35-16-5-9-21-44(35)48;1-28-16-20-39-35(24-28)37-26-30(18-22-40(37)45(39)32-10-4-3-5-11-32)31-19-23-44-38(27-31)36-25-29(2)17-21-43(36)47(44)46-41-14-8-6-12-33(41)34-13-7-9-15-42(34)46/h1-29H;1-29H;3-27H,1-2H3. The molecule has 10 nitrogen and oxygen atoms in total. The predicted molar refractivity (Wildman–Crippen MR) is 623 cm³/mol. The second-order valence-electron chi connectivity index (χ2n) is 39.6. The summed E-state index contributed by atoms with van der Waals surface area (Å²) in [5.74, 6) is 0. The number of hydrogen-bond donors (Lipinski definition) is 0. The molecule has 0 amide bonds. The maximum absolute atomic E-state index is 6.53. The van der Waals surface area contributed by atoms with Gasteiger partial charge < -0.3 is 18.1 Å². The average Bonchev–Trinajstić information content (AvgIpc) is 1.57. The number of benzene rings is 23. The summed E-state index contributed by atoms with van der Waals surface area (Å²) >= 11 is 0. The summed E-state index contributed by atoms with van der Waals surface area (Å²) in [6, 6.07) is 184. The highest BCUT2D eigenvalue weighted by Crippen LogP contribution is 2.48. The number of hydrogen-bond acceptors (Lipinski definition) is 1. The molecule has 0 fully saturated rings. The van der Waals surface area contributed by atoms with E-state index >= 15 is 0 Å². The monoisotopic (exact) mass is 1890 g/mol. The van der Waals surface area contributed by atoms with Crippen molar-refractivity contribution >= 4 is 229 Å². The van der Waals surface area contributed by atoms with Gasteiger partial charge in [0, 0.05) is 119 Å². The van der Waals surface area contributed by atoms with Crippen molar-refractivity contribution in [3.8, 4) is 50.4 Å². The normalized spacial score (nSPS) is 12.1. The lowest BCUT2D eigenvalue weighted by Gasteiger charge is -2.13. The molecule has 0 saturated carbocycles. The van der Waals surface area contributed by atoms with E-state index in [4.69, 9.17) is 4.42 Å². The molecule has 0 saturated heterocycles. The Morgan fingerprint density at radius 3 is 0.757 bits per heavy atom. The number of nitrogens with zero attached hydrogens (tertiary/aromatic N) is 9. The van der Waals surface area contributed by atoms with Gasteiger partial charge in [-0.3, -0.25) is 0 Å². The zero-order valence-corrected chi connectivity index (χ0v) is 80.9. The highest BCUT2D eigenvalue weighted by atomic mass is 16.3. The first-order chi connectivity index (χ1) is 73.3. The van der Waals surface area contributed by atoms with Gasteiger partial charge in [-0.25, -0.2) is 28.1 Å². The van der Waals surface area contributed by atoms with E-state index in [1.807, 2.05) is 6.07 Å². The molecule has 0 aliphatic rings. The molecule has 0 aliphatic heterocycles. The molecule has 0 spiro atoms. The maximum atomic E-state index is 6.53. The third kappa shape index (κ3) is 12.4. The van der Waals surface area contributed by atoms with Crippen LogP contribution in [0.25, 0.3) is 279 Å². The van der Waals surface area contributed by atoms with Crippen LogP contribution in [0, 0.1) is 13.8 Å². The van der Waals surface area contributed by atoms with Crippen molar-refractivity contribution in [2.75, 3.05) is 0 Å². The van der Waals surface area contributed by atoms with Crippen molar-refractivity contribution in [2.45, 2.75) is 13.8 Å². The first kappa shape index (κ1) is 83.0. The third-order valence-corrected chi connectivity index (χ3v) is 31.4. The van der Waals surface area contributed by atoms with Crippen LogP contribution in [-0.4, -0.2) is 41.8 Å². The van der Waals surface area contributed by atoms with E-state index in [9.17, 15) is 0 Å². The van der Waals surface area contributed by atoms with Gasteiger partial charge in [-0.1, -0.05) is 327 Å². The fraction of sp³-hybridized carbons (Fsp3) is 0.0145. The van der Waals surface area contributed by atoms with Crippen LogP contribution >= 0.6 is 0 Å². The zero-order chi connectivity index (χ0) is 97.2. The number of rotatable bonds is 9. The van der Waals surface area contributed by atoms with Gasteiger partial charge in [-0.2, -0.15) is 0 Å². The first-order valence-electron chi connectivity index (χ1n) is 50.9. The molecule has 0 atom stereocenters. The molecule has 10 heterocycles. The summed E-state index contributed by atoms with van der Waals surface area (Å²) in [4.78, 5) is 0. The van der Waals surface area contributed by atoms with Crippen molar-refractivity contribution in [1.29, 1.82) is 0 Å². The van der Waals surface area contributed by atoms with Gasteiger partial charge in [0.05, 0.1) is 111 Å². The lowest BCUT2D eigenvalue weighted by atomic mass is 10.00. The van der Waals surface area contributed by atoms with Gasteiger partial charge in [0.25, 0.3) is 0 Å². The summed E-state index contributed by atoms with van der Waals surface area (Å²) in [6.45, 7) is 4.36. The zero-order valence-electron chi connectivity index (χ0n) is 80.9. The summed E-state index contributed by atoms with van der Waals surface area (Å²) in [7, 11) is 0. The van der Waals surface area contributed by atoms with Gasteiger partial charge in [0.2, 0.25) is 0 Å². The van der Waals surface area contributed by atoms with E-state index in [2.05, 4.69) is 553 Å². The highest BCUT2D eigenvalue weighted by Gasteiger charge is 2.27. The fourth-order valence-electron chi connectivity index (χ4n) is 24.9. The average molecular weight is 1890 g/mol. The van der Waals surface area contributed by atoms with E-state index in [-0.39, 0.29) is 0 Å². The second kappa shape index (κ2) is 32.4. The van der Waals surface area contributed by atoms with E-state index in [0.29, 0.717) is 0 Å². The molecule has 23 aromatic carbocycles. The molecule has 0 aliphatic carbocycles. The maximum Gasteiger partial charge on any atom is 0.159 e. The fourth-order valence-corrected chi connectivity index (χ4v) is 24.9. The van der Waals surface area contributed by atoms with E-state index in [0.717, 1.165) is 38.7 Å². The van der Waals surface area contributed by atoms with Crippen LogP contribution in [0.3, 0.4) is 0 Å². The molecule has 692 valence electrons. The lowest BCUT2D eigenvalue weighted by Crippen LogP contribution is -2.08. The number of para-hydroxylation sites is 13. The Hall–Kier alpha value is -19.7. The topological polar surface area (TPSA) is 57.5 Å². The van der Waals surface area contributed by atoms with Crippen molar-refractivity contribution in [1.82, 2.24) is 41.8 Å². The number of fused-ring (bicyclic) bond motifs is 31. The molecule has 0 unspecified atom stereocenters. The Bertz CT molecular complexity index is 11300. The van der Waals surface area contributed by atoms with Gasteiger partial charge in [-0.05, 0) is 241 Å². The highest BCUT2D eigenvalue weighted by molar-refractivity contribution is 6.21. The number of aromatic nitrogens is 9. The molecular formula is C138H89N9O. The molecule has 0 bridgehead atoms. The summed E-state index contributed by atoms with van der Waals surface area (Å²) < 4.78 is 28.1. The SMILES string of the molecule is Cc1ccc2c(c1)c1cc(-c3ccc4c(c3)c3cc(C)ccc3n4-n3c4ccccc4c4ccccc43)ccc1n2-c1ccccc1.c1ccc2c(-n3c4ccccc4c4cc(-c5ccc6c(c5)c5ccccc5n6-n5c6ccccc6c6ccccc65)ccc43)cccc2c1.c1ccc2c(c1)oc1c(-n3c4ccccc4c4cc(-c5ccc6c(c5)c5ccccc5n6-n5c6ccccc6c6ccccc65)ccc43)cccc12. The van der Waals surface area contributed by atoms with Crippen molar-refractivity contribution in [3.63, 3.8) is 0 Å². The molecule has 148 heavy (non-hydrogen) atoms. The van der Waals surface area contributed by atoms with Gasteiger partial charge >= 0.3 is 0 Å². The summed E-state index contributed by atoms with van der Waals surface area (Å²) in [6.07, 6.45) is 0. The van der Waals surface area contributed by atoms with Crippen LogP contribution in [0.1, 0.15) is 11.1 Å². The molecule has 0 N–H and O–H groups in total. The second-order valence-corrected chi connectivity index (χ2v) is 39.6. The van der Waals surface area contributed by atoms with E-state index in [1.54, 1.807) is 0 Å². The quantitative estimate of drug-likeness (QED) is 0.142. The van der Waals surface area contributed by atoms with Crippen molar-refractivity contribution < 1.29 is 4.42 Å². The Morgan fingerprint density at radius 2 is 0.365 bits per heavy atom. The Morgan fingerprint density at radius 1 is 0.142 bits per heavy atom. The third-order valence-electron chi connectivity index (χ3n) is 31.4. The lowest BCUT2D eigenvalue weighted by molar-refractivity contribution is 0.666. The Labute approximate surface area is 848 Å². The van der Waals surface area contributed by atoms with Crippen LogP contribution in [0.2, 0.25) is 0 Å². The molecule has 10 heteroatoms. The Balaban J connectivity index is 0.000000100. The van der Waals surface area contributed by atoms with E-state index in [1.165, 1.54) is 252 Å². The van der Waals surface area contributed by atoms with Crippen molar-refractivity contribution in [2.24, 2.45) is 0 Å². The van der Waals surface area contributed by atoms with Crippen LogP contribution < -0.4 is 0 Å². The molecule has 10 aromatic heterocycles. The van der Waals surface area contributed by atoms with Crippen LogP contribution in [-0.2, 0) is 0 Å². The molecule has 0 radical (unpaired) electrons. The van der Waals surface area contributed by atoms with Gasteiger partial charge in [0.15, 0.2) is 5.58 Å². The van der Waals surface area contributed by atoms with Crippen LogP contribution in [0.15, 0.2) is 508 Å². The van der Waals surface area contributed by atoms with E-state index < -0.39 is 0 Å². The summed E-state index contributed by atoms with van der Waals surface area (Å²) in [5.41, 5.74) is 36.5. The number of aryl methyl sites for hydroxylation is 2. The first-order valence-corrected chi connectivity index (χ1v) is 50.9. The number of furan rings is 1. The Kier molecular flexibility index (Phi) is 18.2. The minimum atomic E-state index is 0.903. The minimum absolute atomic E-state index is 0.903. The van der Waals surface area contributed by atoms with Crippen LogP contribution in [0.4, 0.5) is 0 Å². The minimum Gasteiger partial charge on any atom is -0.454 e. The predicted octanol–water partition coefficient (Wildman–Crippen LogP) is 36.6. The summed E-state index contributed by atoms with van der Waals surface area (Å²) in [5, 5.41) is 27.3. The van der Waals surface area contributed by atoms with Gasteiger partial charge in [-0.15, -0.1) is 0 Å². The van der Waals surface area contributed by atoms with Crippen molar-refractivity contribution in [3.05, 3.63) is 515 Å². The van der Waals surface area contributed by atoms with Gasteiger partial charge in [0.1, 0.15) is 5.58 Å². The largest absolute Gasteiger partial charge is 0.454 e. The van der Waals surface area contributed by atoms with Crippen LogP contribution in [0.5, 0.6) is 0 Å².